The number of guanidine groups is 1. The molecule has 2 aromatic heterocycles. The van der Waals surface area contributed by atoms with Crippen molar-refractivity contribution in [2.75, 3.05) is 6.54 Å². The highest BCUT2D eigenvalue weighted by Crippen LogP contribution is 2.09. The van der Waals surface area contributed by atoms with Crippen LogP contribution in [-0.4, -0.2) is 22.5 Å². The summed E-state index contributed by atoms with van der Waals surface area (Å²) in [6, 6.07) is 0. The van der Waals surface area contributed by atoms with Gasteiger partial charge in [0.05, 0.1) is 17.9 Å². The molecule has 0 saturated heterocycles. The van der Waals surface area contributed by atoms with Gasteiger partial charge in [-0.2, -0.15) is 0 Å². The summed E-state index contributed by atoms with van der Waals surface area (Å²) in [5.41, 5.74) is 1.80. The summed E-state index contributed by atoms with van der Waals surface area (Å²) in [6.07, 6.45) is 0. The van der Waals surface area contributed by atoms with E-state index in [0.29, 0.717) is 30.8 Å². The average Bonchev–Trinajstić information content (AvgIpc) is 2.96. The first-order chi connectivity index (χ1) is 10.5. The minimum absolute atomic E-state index is 0. The van der Waals surface area contributed by atoms with Crippen molar-refractivity contribution in [3.05, 3.63) is 34.7 Å². The summed E-state index contributed by atoms with van der Waals surface area (Å²) in [5.74, 6) is 3.58. The Kier molecular flexibility index (Phi) is 7.53. The summed E-state index contributed by atoms with van der Waals surface area (Å²) >= 11 is 0. The molecule has 0 bridgehead atoms. The van der Waals surface area contributed by atoms with E-state index in [1.54, 1.807) is 0 Å². The Balaban J connectivity index is 0.00000264. The van der Waals surface area contributed by atoms with E-state index in [-0.39, 0.29) is 24.0 Å². The summed E-state index contributed by atoms with van der Waals surface area (Å²) in [4.78, 5) is 13.1. The number of halogens is 1. The molecule has 0 aromatic carbocycles. The number of nitrogens with one attached hydrogen (secondary N) is 2. The molecule has 0 aliphatic rings. The van der Waals surface area contributed by atoms with Crippen molar-refractivity contribution in [1.82, 2.24) is 20.6 Å². The SMILES string of the molecule is CCNC(=NCc1nc(C)c(C)o1)NCc1nc(C)c(C)o1.I. The topological polar surface area (TPSA) is 88.5 Å². The van der Waals surface area contributed by atoms with E-state index in [0.717, 1.165) is 29.5 Å². The molecule has 0 fully saturated rings. The van der Waals surface area contributed by atoms with Crippen LogP contribution in [0.5, 0.6) is 0 Å². The van der Waals surface area contributed by atoms with Crippen molar-refractivity contribution in [3.8, 4) is 0 Å². The number of hydrogen-bond acceptors (Lipinski definition) is 5. The third-order valence-corrected chi connectivity index (χ3v) is 3.27. The molecule has 0 spiro atoms. The lowest BCUT2D eigenvalue weighted by Gasteiger charge is -2.08. The highest BCUT2D eigenvalue weighted by molar-refractivity contribution is 14.0. The zero-order valence-electron chi connectivity index (χ0n) is 14.2. The van der Waals surface area contributed by atoms with Crippen LogP contribution in [0.4, 0.5) is 0 Å². The van der Waals surface area contributed by atoms with Crippen molar-refractivity contribution in [2.45, 2.75) is 47.7 Å². The van der Waals surface area contributed by atoms with E-state index in [1.807, 2.05) is 34.6 Å². The molecule has 0 unspecified atom stereocenters. The quantitative estimate of drug-likeness (QED) is 0.429. The van der Waals surface area contributed by atoms with Gasteiger partial charge in [0.2, 0.25) is 11.8 Å². The van der Waals surface area contributed by atoms with E-state index < -0.39 is 0 Å². The standard InChI is InChI=1S/C15H23N5O2.HI/c1-6-16-15(17-7-13-19-9(2)11(4)21-13)18-8-14-20-10(3)12(5)22-14;/h6-8H2,1-5H3,(H2,16,17,18);1H. The van der Waals surface area contributed by atoms with E-state index in [1.165, 1.54) is 0 Å². The molecule has 0 atom stereocenters. The van der Waals surface area contributed by atoms with Gasteiger partial charge in [0, 0.05) is 6.54 Å². The molecule has 2 N–H and O–H groups in total. The summed E-state index contributed by atoms with van der Waals surface area (Å²) in [6.45, 7) is 11.3. The number of rotatable bonds is 5. The Morgan fingerprint density at radius 2 is 1.52 bits per heavy atom. The third kappa shape index (κ3) is 5.52. The van der Waals surface area contributed by atoms with Crippen LogP contribution in [0.3, 0.4) is 0 Å². The average molecular weight is 433 g/mol. The predicted octanol–water partition coefficient (Wildman–Crippen LogP) is 2.77. The molecule has 8 heteroatoms. The second kappa shape index (κ2) is 8.90. The van der Waals surface area contributed by atoms with E-state index in [4.69, 9.17) is 8.83 Å². The molecule has 0 amide bonds. The lowest BCUT2D eigenvalue weighted by Crippen LogP contribution is -2.36. The molecular weight excluding hydrogens is 409 g/mol. The van der Waals surface area contributed by atoms with Gasteiger partial charge in [-0.25, -0.2) is 15.0 Å². The molecule has 0 aliphatic heterocycles. The zero-order chi connectivity index (χ0) is 16.1. The van der Waals surface area contributed by atoms with Gasteiger partial charge < -0.3 is 19.5 Å². The van der Waals surface area contributed by atoms with Crippen molar-refractivity contribution < 1.29 is 8.83 Å². The van der Waals surface area contributed by atoms with Gasteiger partial charge in [0.25, 0.3) is 0 Å². The number of nitrogens with zero attached hydrogens (tertiary/aromatic N) is 3. The van der Waals surface area contributed by atoms with E-state index >= 15 is 0 Å². The zero-order valence-corrected chi connectivity index (χ0v) is 16.5. The Morgan fingerprint density at radius 1 is 0.957 bits per heavy atom. The van der Waals surface area contributed by atoms with Crippen LogP contribution in [0.25, 0.3) is 0 Å². The van der Waals surface area contributed by atoms with Crippen molar-refractivity contribution in [1.29, 1.82) is 0 Å². The van der Waals surface area contributed by atoms with Crippen LogP contribution in [0, 0.1) is 27.7 Å². The number of hydrogen-bond donors (Lipinski definition) is 2. The minimum atomic E-state index is 0. The second-order valence-electron chi connectivity index (χ2n) is 5.05. The first-order valence-electron chi connectivity index (χ1n) is 7.37. The fourth-order valence-electron chi connectivity index (χ4n) is 1.87. The van der Waals surface area contributed by atoms with Crippen LogP contribution in [-0.2, 0) is 13.1 Å². The van der Waals surface area contributed by atoms with Crippen molar-refractivity contribution >= 4 is 29.9 Å². The first-order valence-corrected chi connectivity index (χ1v) is 7.37. The molecule has 0 aliphatic carbocycles. The molecule has 23 heavy (non-hydrogen) atoms. The minimum Gasteiger partial charge on any atom is -0.444 e. The van der Waals surface area contributed by atoms with Crippen molar-refractivity contribution in [3.63, 3.8) is 0 Å². The smallest absolute Gasteiger partial charge is 0.216 e. The molecular formula is C15H24IN5O2. The normalized spacial score (nSPS) is 11.3. The van der Waals surface area contributed by atoms with Crippen LogP contribution in [0.2, 0.25) is 0 Å². The van der Waals surface area contributed by atoms with E-state index in [9.17, 15) is 0 Å². The third-order valence-electron chi connectivity index (χ3n) is 3.27. The van der Waals surface area contributed by atoms with Crippen LogP contribution >= 0.6 is 24.0 Å². The molecule has 2 rings (SSSR count). The van der Waals surface area contributed by atoms with Gasteiger partial charge in [-0.3, -0.25) is 0 Å². The lowest BCUT2D eigenvalue weighted by atomic mass is 10.4. The number of aliphatic imine (C=N–C) groups is 1. The number of aryl methyl sites for hydroxylation is 4. The maximum absolute atomic E-state index is 5.54. The second-order valence-corrected chi connectivity index (χ2v) is 5.05. The fraction of sp³-hybridized carbons (Fsp3) is 0.533. The van der Waals surface area contributed by atoms with E-state index in [2.05, 4.69) is 25.6 Å². The first kappa shape index (κ1) is 19.5. The van der Waals surface area contributed by atoms with Gasteiger partial charge >= 0.3 is 0 Å². The maximum atomic E-state index is 5.54. The lowest BCUT2D eigenvalue weighted by molar-refractivity contribution is 0.462. The summed E-state index contributed by atoms with van der Waals surface area (Å²) in [5, 5.41) is 6.35. The van der Waals surface area contributed by atoms with Gasteiger partial charge in [-0.1, -0.05) is 0 Å². The number of aromatic nitrogens is 2. The van der Waals surface area contributed by atoms with Gasteiger partial charge in [0.15, 0.2) is 5.96 Å². The van der Waals surface area contributed by atoms with Crippen LogP contribution in [0.15, 0.2) is 13.8 Å². The molecule has 2 heterocycles. The molecule has 128 valence electrons. The maximum Gasteiger partial charge on any atom is 0.216 e. The highest BCUT2D eigenvalue weighted by atomic mass is 127. The monoisotopic (exact) mass is 433 g/mol. The Morgan fingerprint density at radius 3 is 2.00 bits per heavy atom. The van der Waals surface area contributed by atoms with Gasteiger partial charge in [0.1, 0.15) is 18.1 Å². The molecule has 7 nitrogen and oxygen atoms in total. The van der Waals surface area contributed by atoms with Gasteiger partial charge in [-0.05, 0) is 34.6 Å². The van der Waals surface area contributed by atoms with Crippen LogP contribution in [0.1, 0.15) is 41.6 Å². The Hall–Kier alpha value is -1.58. The largest absolute Gasteiger partial charge is 0.444 e. The predicted molar refractivity (Wildman–Crippen MR) is 99.0 cm³/mol. The highest BCUT2D eigenvalue weighted by Gasteiger charge is 2.08. The van der Waals surface area contributed by atoms with Crippen molar-refractivity contribution in [2.24, 2.45) is 4.99 Å². The molecule has 2 aromatic rings. The Bertz CT molecular complexity index is 624. The van der Waals surface area contributed by atoms with Crippen LogP contribution < -0.4 is 10.6 Å². The van der Waals surface area contributed by atoms with Gasteiger partial charge in [-0.15, -0.1) is 24.0 Å². The molecule has 0 radical (unpaired) electrons. The fourth-order valence-corrected chi connectivity index (χ4v) is 1.87. The molecule has 0 saturated carbocycles. The summed E-state index contributed by atoms with van der Waals surface area (Å²) in [7, 11) is 0. The summed E-state index contributed by atoms with van der Waals surface area (Å²) < 4.78 is 11.1. The number of oxazole rings is 2. The Labute approximate surface area is 153 Å².